The largest absolute Gasteiger partial charge is 0.497 e. The van der Waals surface area contributed by atoms with Crippen molar-refractivity contribution < 1.29 is 32.6 Å². The summed E-state index contributed by atoms with van der Waals surface area (Å²) in [5.74, 6) is -1.26. The molecule has 2 atom stereocenters. The van der Waals surface area contributed by atoms with Gasteiger partial charge in [-0.1, -0.05) is 23.7 Å². The van der Waals surface area contributed by atoms with Crippen LogP contribution in [0.1, 0.15) is 41.6 Å². The van der Waals surface area contributed by atoms with Gasteiger partial charge in [-0.2, -0.15) is 13.2 Å². The van der Waals surface area contributed by atoms with E-state index in [1.54, 1.807) is 26.2 Å². The average molecular weight is 568 g/mol. The maximum atomic E-state index is 13.9. The minimum Gasteiger partial charge on any atom is -0.497 e. The number of benzene rings is 2. The van der Waals surface area contributed by atoms with E-state index in [0.717, 1.165) is 50.2 Å². The van der Waals surface area contributed by atoms with Gasteiger partial charge in [0.25, 0.3) is 17.4 Å². The van der Waals surface area contributed by atoms with Gasteiger partial charge in [0.1, 0.15) is 5.75 Å². The fraction of sp³-hybridized carbons (Fsp3) is 0.500. The number of nitrogens with zero attached hydrogens (tertiary/aromatic N) is 2. The van der Waals surface area contributed by atoms with Gasteiger partial charge in [0.15, 0.2) is 0 Å². The molecule has 1 spiro atoms. The van der Waals surface area contributed by atoms with Crippen molar-refractivity contribution in [2.24, 2.45) is 11.3 Å². The lowest BCUT2D eigenvalue weighted by atomic mass is 9.89. The number of nitrogens with one attached hydrogen (secondary N) is 1. The summed E-state index contributed by atoms with van der Waals surface area (Å²) in [4.78, 5) is 28.6. The zero-order chi connectivity index (χ0) is 28.6. The second-order valence-corrected chi connectivity index (χ2v) is 11.0. The number of ether oxygens (including phenoxy) is 1. The number of carbonyl (C=O) groups is 2. The Morgan fingerprint density at radius 1 is 1.18 bits per heavy atom. The van der Waals surface area contributed by atoms with Crippen LogP contribution >= 0.6 is 11.6 Å². The lowest BCUT2D eigenvalue weighted by Gasteiger charge is -2.35. The third-order valence-electron chi connectivity index (χ3n) is 8.08. The Kier molecular flexibility index (Phi) is 8.10. The van der Waals surface area contributed by atoms with E-state index in [4.69, 9.17) is 16.3 Å². The number of hydrogen-bond donors (Lipinski definition) is 2. The molecular weight excluding hydrogens is 535 g/mol. The molecule has 2 aliphatic rings. The van der Waals surface area contributed by atoms with Crippen molar-refractivity contribution in [3.8, 4) is 5.75 Å². The molecule has 1 saturated heterocycles. The summed E-state index contributed by atoms with van der Waals surface area (Å²) in [6, 6.07) is 10.2. The maximum Gasteiger partial charge on any atom is 0.430 e. The van der Waals surface area contributed by atoms with E-state index in [2.05, 4.69) is 10.2 Å². The van der Waals surface area contributed by atoms with Crippen molar-refractivity contribution in [1.29, 1.82) is 0 Å². The van der Waals surface area contributed by atoms with Crippen LogP contribution in [0.2, 0.25) is 5.02 Å². The van der Waals surface area contributed by atoms with Crippen molar-refractivity contribution >= 4 is 29.1 Å². The topological polar surface area (TPSA) is 82.1 Å². The van der Waals surface area contributed by atoms with Crippen LogP contribution in [0, 0.1) is 11.3 Å². The number of methoxy groups -OCH3 is 1. The van der Waals surface area contributed by atoms with Crippen molar-refractivity contribution in [3.63, 3.8) is 0 Å². The molecule has 4 rings (SSSR count). The van der Waals surface area contributed by atoms with Crippen LogP contribution in [0.3, 0.4) is 0 Å². The predicted molar refractivity (Wildman–Crippen MR) is 142 cm³/mol. The smallest absolute Gasteiger partial charge is 0.430 e. The molecule has 2 aromatic rings. The average Bonchev–Trinajstić information content (AvgIpc) is 3.57. The van der Waals surface area contributed by atoms with Gasteiger partial charge in [-0.25, -0.2) is 0 Å². The van der Waals surface area contributed by atoms with Crippen molar-refractivity contribution in [2.45, 2.75) is 37.5 Å². The Bertz CT molecular complexity index is 1230. The first kappa shape index (κ1) is 29.0. The van der Waals surface area contributed by atoms with Gasteiger partial charge in [0, 0.05) is 45.0 Å². The molecule has 2 N–H and O–H groups in total. The Balaban J connectivity index is 1.31. The zero-order valence-corrected chi connectivity index (χ0v) is 22.9. The normalized spacial score (nSPS) is 19.8. The fourth-order valence-corrected chi connectivity index (χ4v) is 5.79. The molecule has 39 heavy (non-hydrogen) atoms. The molecule has 0 radical (unpaired) electrons. The number of rotatable bonds is 8. The van der Waals surface area contributed by atoms with E-state index in [0.29, 0.717) is 22.9 Å². The minimum absolute atomic E-state index is 0.0360. The Hall–Kier alpha value is -2.98. The van der Waals surface area contributed by atoms with Crippen molar-refractivity contribution in [3.05, 3.63) is 58.6 Å². The summed E-state index contributed by atoms with van der Waals surface area (Å²) in [7, 11) is 4.64. The van der Waals surface area contributed by atoms with Gasteiger partial charge >= 0.3 is 6.18 Å². The molecule has 1 aliphatic heterocycles. The van der Waals surface area contributed by atoms with Gasteiger partial charge in [-0.15, -0.1) is 0 Å². The molecular formula is C28H33ClF3N3O4. The summed E-state index contributed by atoms with van der Waals surface area (Å²) in [5, 5.41) is 13.3. The third-order valence-corrected chi connectivity index (χ3v) is 8.39. The van der Waals surface area contributed by atoms with E-state index in [9.17, 15) is 27.9 Å². The van der Waals surface area contributed by atoms with Gasteiger partial charge in [0.05, 0.1) is 17.7 Å². The molecule has 0 bridgehead atoms. The van der Waals surface area contributed by atoms with E-state index >= 15 is 0 Å². The van der Waals surface area contributed by atoms with Gasteiger partial charge in [0.2, 0.25) is 0 Å². The third kappa shape index (κ3) is 5.68. The second-order valence-electron chi connectivity index (χ2n) is 10.6. The summed E-state index contributed by atoms with van der Waals surface area (Å²) < 4.78 is 46.6. The van der Waals surface area contributed by atoms with Crippen LogP contribution in [0.15, 0.2) is 42.5 Å². The fourth-order valence-electron chi connectivity index (χ4n) is 5.54. The first-order valence-corrected chi connectivity index (χ1v) is 13.2. The van der Waals surface area contributed by atoms with Gasteiger partial charge in [-0.3, -0.25) is 9.59 Å². The van der Waals surface area contributed by atoms with E-state index in [1.165, 1.54) is 24.1 Å². The van der Waals surface area contributed by atoms with E-state index in [-0.39, 0.29) is 23.6 Å². The van der Waals surface area contributed by atoms with Crippen LogP contribution in [-0.2, 0) is 10.4 Å². The molecule has 1 saturated carbocycles. The predicted octanol–water partition coefficient (Wildman–Crippen LogP) is 4.61. The number of halogens is 4. The summed E-state index contributed by atoms with van der Waals surface area (Å²) >= 11 is 6.37. The van der Waals surface area contributed by atoms with Gasteiger partial charge < -0.3 is 25.0 Å². The molecule has 1 heterocycles. The van der Waals surface area contributed by atoms with Crippen LogP contribution in [0.25, 0.3) is 0 Å². The lowest BCUT2D eigenvalue weighted by Crippen LogP contribution is -2.54. The number of piperidine rings is 1. The summed E-state index contributed by atoms with van der Waals surface area (Å²) in [6.45, 7) is 1.63. The van der Waals surface area contributed by atoms with Crippen molar-refractivity contribution in [2.75, 3.05) is 45.7 Å². The highest BCUT2D eigenvalue weighted by Crippen LogP contribution is 2.61. The summed E-state index contributed by atoms with van der Waals surface area (Å²) in [5.41, 5.74) is -2.77. The van der Waals surface area contributed by atoms with E-state index < -0.39 is 23.2 Å². The zero-order valence-electron chi connectivity index (χ0n) is 22.1. The van der Waals surface area contributed by atoms with Gasteiger partial charge in [-0.05, 0) is 67.3 Å². The molecule has 2 aromatic carbocycles. The van der Waals surface area contributed by atoms with Crippen LogP contribution in [-0.4, -0.2) is 68.8 Å². The Morgan fingerprint density at radius 3 is 2.46 bits per heavy atom. The monoisotopic (exact) mass is 567 g/mol. The highest BCUT2D eigenvalue weighted by atomic mass is 35.5. The minimum atomic E-state index is -5.21. The second kappa shape index (κ2) is 10.9. The quantitative estimate of drug-likeness (QED) is 0.487. The van der Waals surface area contributed by atoms with Crippen molar-refractivity contribution in [1.82, 2.24) is 10.2 Å². The van der Waals surface area contributed by atoms with Crippen LogP contribution in [0.4, 0.5) is 18.9 Å². The standard InChI is InChI=1S/C28H33ClF3N3O4/c1-34(2)24(36)22-8-7-20(16-23(22)29)35-13-10-26(11-14-35)17-19(26)9-12-33-25(37)27(38,28(30,31)32)18-5-4-6-21(15-18)39-3/h4-8,15-16,19,38H,9-14,17H2,1-3H3,(H,33,37)/t19-,27+/m0/s1. The molecule has 0 unspecified atom stereocenters. The number of amides is 2. The first-order chi connectivity index (χ1) is 18.3. The van der Waals surface area contributed by atoms with Crippen LogP contribution in [0.5, 0.6) is 5.75 Å². The first-order valence-electron chi connectivity index (χ1n) is 12.8. The van der Waals surface area contributed by atoms with E-state index in [1.807, 2.05) is 6.07 Å². The van der Waals surface area contributed by atoms with Crippen LogP contribution < -0.4 is 15.0 Å². The summed E-state index contributed by atoms with van der Waals surface area (Å²) in [6.07, 6.45) is -1.90. The number of alkyl halides is 3. The maximum absolute atomic E-state index is 13.9. The highest BCUT2D eigenvalue weighted by Gasteiger charge is 2.61. The highest BCUT2D eigenvalue weighted by molar-refractivity contribution is 6.34. The number of anilines is 1. The number of carbonyl (C=O) groups excluding carboxylic acids is 2. The molecule has 2 amide bonds. The molecule has 2 fully saturated rings. The Morgan fingerprint density at radius 2 is 1.87 bits per heavy atom. The lowest BCUT2D eigenvalue weighted by molar-refractivity contribution is -0.257. The number of aliphatic hydroxyl groups is 1. The molecule has 0 aromatic heterocycles. The molecule has 212 valence electrons. The SMILES string of the molecule is COc1cccc([C@@](O)(C(=O)NCC[C@H]2CC23CCN(c2ccc(C(=O)N(C)C)c(Cl)c2)CC3)C(F)(F)F)c1. The number of hydrogen-bond acceptors (Lipinski definition) is 5. The molecule has 1 aliphatic carbocycles. The molecule has 11 heteroatoms. The Labute approximate surface area is 230 Å². The molecule has 7 nitrogen and oxygen atoms in total.